The first-order chi connectivity index (χ1) is 8.90. The lowest BCUT2D eigenvalue weighted by Crippen LogP contribution is -2.37. The van der Waals surface area contributed by atoms with Crippen LogP contribution in [0.3, 0.4) is 0 Å². The molecule has 0 aliphatic heterocycles. The van der Waals surface area contributed by atoms with Gasteiger partial charge in [-0.25, -0.2) is 0 Å². The quantitative estimate of drug-likeness (QED) is 0.784. The number of pyridine rings is 1. The summed E-state index contributed by atoms with van der Waals surface area (Å²) in [5.41, 5.74) is 9.06. The molecule has 5 nitrogen and oxygen atoms in total. The van der Waals surface area contributed by atoms with Gasteiger partial charge >= 0.3 is 0 Å². The fourth-order valence-electron chi connectivity index (χ4n) is 1.98. The zero-order valence-electron chi connectivity index (χ0n) is 11.8. The SMILES string of the molecule is CCN(CC(=O)NC)c1cc(C)nc(C)c1C(N)=S. The van der Waals surface area contributed by atoms with Crippen molar-refractivity contribution in [3.8, 4) is 0 Å². The molecule has 1 heterocycles. The van der Waals surface area contributed by atoms with E-state index in [2.05, 4.69) is 10.3 Å². The predicted octanol–water partition coefficient (Wildman–Crippen LogP) is 0.905. The summed E-state index contributed by atoms with van der Waals surface area (Å²) in [6.45, 7) is 6.72. The fraction of sp³-hybridized carbons (Fsp3) is 0.462. The molecule has 0 atom stereocenters. The molecule has 0 bridgehead atoms. The van der Waals surface area contributed by atoms with Gasteiger partial charge in [0.05, 0.1) is 17.8 Å². The summed E-state index contributed by atoms with van der Waals surface area (Å²) in [5, 5.41) is 2.62. The number of aromatic nitrogens is 1. The molecular weight excluding hydrogens is 260 g/mol. The molecule has 0 saturated carbocycles. The van der Waals surface area contributed by atoms with Crippen molar-refractivity contribution in [3.05, 3.63) is 23.0 Å². The molecule has 1 rings (SSSR count). The molecule has 0 radical (unpaired) electrons. The highest BCUT2D eigenvalue weighted by Gasteiger charge is 2.17. The minimum Gasteiger partial charge on any atom is -0.389 e. The number of nitrogens with zero attached hydrogens (tertiary/aromatic N) is 2. The van der Waals surface area contributed by atoms with Crippen LogP contribution in [0.25, 0.3) is 0 Å². The average Bonchev–Trinajstić information content (AvgIpc) is 2.33. The molecule has 0 aromatic carbocycles. The van der Waals surface area contributed by atoms with Crippen LogP contribution in [0.4, 0.5) is 5.69 Å². The zero-order chi connectivity index (χ0) is 14.6. The molecule has 0 fully saturated rings. The Kier molecular flexibility index (Phi) is 5.23. The largest absolute Gasteiger partial charge is 0.389 e. The van der Waals surface area contributed by atoms with Crippen LogP contribution in [-0.2, 0) is 4.79 Å². The van der Waals surface area contributed by atoms with Gasteiger partial charge in [-0.15, -0.1) is 0 Å². The molecule has 0 unspecified atom stereocenters. The average molecular weight is 280 g/mol. The van der Waals surface area contributed by atoms with Gasteiger partial charge in [-0.3, -0.25) is 9.78 Å². The third kappa shape index (κ3) is 3.64. The number of nitrogens with two attached hydrogens (primary N) is 1. The number of aryl methyl sites for hydroxylation is 2. The van der Waals surface area contributed by atoms with Gasteiger partial charge in [0, 0.05) is 25.0 Å². The summed E-state index contributed by atoms with van der Waals surface area (Å²) >= 11 is 5.10. The number of rotatable bonds is 5. The Balaban J connectivity index is 3.29. The zero-order valence-corrected chi connectivity index (χ0v) is 12.6. The van der Waals surface area contributed by atoms with Gasteiger partial charge < -0.3 is 16.0 Å². The monoisotopic (exact) mass is 280 g/mol. The van der Waals surface area contributed by atoms with E-state index in [1.54, 1.807) is 7.05 Å². The van der Waals surface area contributed by atoms with Crippen molar-refractivity contribution in [2.24, 2.45) is 5.73 Å². The number of hydrogen-bond acceptors (Lipinski definition) is 4. The van der Waals surface area contributed by atoms with Crippen molar-refractivity contribution in [1.29, 1.82) is 0 Å². The van der Waals surface area contributed by atoms with Crippen LogP contribution >= 0.6 is 12.2 Å². The van der Waals surface area contributed by atoms with Gasteiger partial charge in [-0.1, -0.05) is 12.2 Å². The van der Waals surface area contributed by atoms with E-state index in [1.807, 2.05) is 31.7 Å². The summed E-state index contributed by atoms with van der Waals surface area (Å²) in [6.07, 6.45) is 0. The topological polar surface area (TPSA) is 71.2 Å². The molecule has 0 aliphatic carbocycles. The smallest absolute Gasteiger partial charge is 0.239 e. The second-order valence-electron chi connectivity index (χ2n) is 4.29. The highest BCUT2D eigenvalue weighted by Crippen LogP contribution is 2.23. The summed E-state index contributed by atoms with van der Waals surface area (Å²) in [4.78, 5) is 18.2. The Bertz CT molecular complexity index is 502. The Morgan fingerprint density at radius 3 is 2.63 bits per heavy atom. The third-order valence-corrected chi connectivity index (χ3v) is 3.09. The Morgan fingerprint density at radius 2 is 2.16 bits per heavy atom. The molecule has 6 heteroatoms. The number of carbonyl (C=O) groups excluding carboxylic acids is 1. The molecular formula is C13H20N4OS. The van der Waals surface area contributed by atoms with Crippen LogP contribution in [0.15, 0.2) is 6.07 Å². The van der Waals surface area contributed by atoms with Crippen molar-refractivity contribution in [2.75, 3.05) is 25.0 Å². The maximum absolute atomic E-state index is 11.6. The maximum Gasteiger partial charge on any atom is 0.239 e. The van der Waals surface area contributed by atoms with Crippen LogP contribution in [-0.4, -0.2) is 36.0 Å². The lowest BCUT2D eigenvalue weighted by Gasteiger charge is -2.25. The first kappa shape index (κ1) is 15.4. The normalized spacial score (nSPS) is 10.1. The van der Waals surface area contributed by atoms with E-state index in [4.69, 9.17) is 18.0 Å². The van der Waals surface area contributed by atoms with E-state index in [0.29, 0.717) is 11.5 Å². The minimum absolute atomic E-state index is 0.0529. The van der Waals surface area contributed by atoms with Crippen LogP contribution in [0, 0.1) is 13.8 Å². The number of nitrogens with one attached hydrogen (secondary N) is 1. The highest BCUT2D eigenvalue weighted by atomic mass is 32.1. The van der Waals surface area contributed by atoms with Gasteiger partial charge in [-0.05, 0) is 26.8 Å². The van der Waals surface area contributed by atoms with Crippen LogP contribution < -0.4 is 16.0 Å². The molecule has 19 heavy (non-hydrogen) atoms. The lowest BCUT2D eigenvalue weighted by atomic mass is 10.1. The van der Waals surface area contributed by atoms with Crippen LogP contribution in [0.5, 0.6) is 0 Å². The van der Waals surface area contributed by atoms with Crippen molar-refractivity contribution >= 4 is 28.8 Å². The van der Waals surface area contributed by atoms with Crippen molar-refractivity contribution in [3.63, 3.8) is 0 Å². The number of hydrogen-bond donors (Lipinski definition) is 2. The Labute approximate surface area is 119 Å². The summed E-state index contributed by atoms with van der Waals surface area (Å²) < 4.78 is 0. The maximum atomic E-state index is 11.6. The molecule has 104 valence electrons. The summed E-state index contributed by atoms with van der Waals surface area (Å²) in [7, 11) is 1.62. The number of anilines is 1. The molecule has 3 N–H and O–H groups in total. The van der Waals surface area contributed by atoms with E-state index in [1.165, 1.54) is 0 Å². The second kappa shape index (κ2) is 6.47. The van der Waals surface area contributed by atoms with E-state index in [9.17, 15) is 4.79 Å². The second-order valence-corrected chi connectivity index (χ2v) is 4.73. The van der Waals surface area contributed by atoms with E-state index >= 15 is 0 Å². The number of thiocarbonyl (C=S) groups is 1. The number of carbonyl (C=O) groups is 1. The van der Waals surface area contributed by atoms with Crippen LogP contribution in [0.2, 0.25) is 0 Å². The molecule has 1 aromatic rings. The van der Waals surface area contributed by atoms with Crippen molar-refractivity contribution in [1.82, 2.24) is 10.3 Å². The Hall–Kier alpha value is -1.69. The molecule has 1 aromatic heterocycles. The van der Waals surface area contributed by atoms with Crippen molar-refractivity contribution in [2.45, 2.75) is 20.8 Å². The molecule has 0 aliphatic rings. The first-order valence-electron chi connectivity index (χ1n) is 6.14. The van der Waals surface area contributed by atoms with E-state index in [-0.39, 0.29) is 12.5 Å². The standard InChI is InChI=1S/C13H20N4OS/c1-5-17(7-11(18)15-4)10-6-8(2)16-9(3)12(10)13(14)19/h6H,5,7H2,1-4H3,(H2,14,19)(H,15,18). The lowest BCUT2D eigenvalue weighted by molar-refractivity contribution is -0.119. The number of likely N-dealkylation sites (N-methyl/N-ethyl adjacent to an activating group) is 2. The number of amides is 1. The molecule has 0 spiro atoms. The van der Waals surface area contributed by atoms with Gasteiger partial charge in [0.2, 0.25) is 5.91 Å². The molecule has 1 amide bonds. The van der Waals surface area contributed by atoms with E-state index in [0.717, 1.165) is 22.6 Å². The van der Waals surface area contributed by atoms with Crippen LogP contribution in [0.1, 0.15) is 23.9 Å². The first-order valence-corrected chi connectivity index (χ1v) is 6.55. The van der Waals surface area contributed by atoms with Gasteiger partial charge in [0.25, 0.3) is 0 Å². The molecule has 0 saturated heterocycles. The van der Waals surface area contributed by atoms with Crippen molar-refractivity contribution < 1.29 is 4.79 Å². The summed E-state index contributed by atoms with van der Waals surface area (Å²) in [6, 6.07) is 1.91. The van der Waals surface area contributed by atoms with Gasteiger partial charge in [0.1, 0.15) is 4.99 Å². The predicted molar refractivity (Wildman–Crippen MR) is 81.6 cm³/mol. The Morgan fingerprint density at radius 1 is 1.53 bits per heavy atom. The van der Waals surface area contributed by atoms with E-state index < -0.39 is 0 Å². The summed E-state index contributed by atoms with van der Waals surface area (Å²) in [5.74, 6) is -0.0529. The highest BCUT2D eigenvalue weighted by molar-refractivity contribution is 7.80. The third-order valence-electron chi connectivity index (χ3n) is 2.89. The van der Waals surface area contributed by atoms with Gasteiger partial charge in [-0.2, -0.15) is 0 Å². The fourth-order valence-corrected chi connectivity index (χ4v) is 2.23. The van der Waals surface area contributed by atoms with Gasteiger partial charge in [0.15, 0.2) is 0 Å². The minimum atomic E-state index is -0.0529.